The summed E-state index contributed by atoms with van der Waals surface area (Å²) in [5.74, 6) is -0.0179. The average Bonchev–Trinajstić information content (AvgIpc) is 2.34. The number of nitrogens with two attached hydrogens (primary N) is 1. The van der Waals surface area contributed by atoms with Gasteiger partial charge in [0.2, 0.25) is 0 Å². The van der Waals surface area contributed by atoms with Crippen molar-refractivity contribution in [3.8, 4) is 0 Å². The highest BCUT2D eigenvalue weighted by atomic mass is 16.1. The lowest BCUT2D eigenvalue weighted by Gasteiger charge is -2.04. The fourth-order valence-corrected chi connectivity index (χ4v) is 1.46. The predicted octanol–water partition coefficient (Wildman–Crippen LogP) is 1.74. The SMILES string of the molecule is NCCCCCCNC(=O)c1c[c]ccc1. The summed E-state index contributed by atoms with van der Waals surface area (Å²) >= 11 is 0. The molecule has 0 fully saturated rings. The van der Waals surface area contributed by atoms with Crippen LogP contribution in [0.1, 0.15) is 36.0 Å². The molecule has 1 aromatic carbocycles. The van der Waals surface area contributed by atoms with Crippen LogP contribution in [0.4, 0.5) is 0 Å². The Morgan fingerprint density at radius 1 is 1.31 bits per heavy atom. The number of carbonyl (C=O) groups is 1. The van der Waals surface area contributed by atoms with Gasteiger partial charge in [-0.05, 0) is 37.6 Å². The molecule has 0 aliphatic heterocycles. The van der Waals surface area contributed by atoms with Gasteiger partial charge in [-0.1, -0.05) is 25.0 Å². The first kappa shape index (κ1) is 12.7. The summed E-state index contributed by atoms with van der Waals surface area (Å²) in [6, 6.07) is 9.97. The fraction of sp³-hybridized carbons (Fsp3) is 0.462. The minimum Gasteiger partial charge on any atom is -0.352 e. The van der Waals surface area contributed by atoms with Crippen molar-refractivity contribution < 1.29 is 4.79 Å². The molecule has 0 bridgehead atoms. The van der Waals surface area contributed by atoms with Gasteiger partial charge in [0, 0.05) is 12.1 Å². The van der Waals surface area contributed by atoms with E-state index < -0.39 is 0 Å². The van der Waals surface area contributed by atoms with Crippen LogP contribution >= 0.6 is 0 Å². The normalized spacial score (nSPS) is 10.1. The Labute approximate surface area is 97.0 Å². The Balaban J connectivity index is 2.12. The number of rotatable bonds is 7. The van der Waals surface area contributed by atoms with Gasteiger partial charge >= 0.3 is 0 Å². The molecule has 1 rings (SSSR count). The molecule has 1 amide bonds. The summed E-state index contributed by atoms with van der Waals surface area (Å²) in [5, 5.41) is 2.89. The maximum Gasteiger partial charge on any atom is 0.251 e. The largest absolute Gasteiger partial charge is 0.352 e. The first-order valence-corrected chi connectivity index (χ1v) is 5.79. The molecular weight excluding hydrogens is 200 g/mol. The van der Waals surface area contributed by atoms with E-state index in [2.05, 4.69) is 11.4 Å². The fourth-order valence-electron chi connectivity index (χ4n) is 1.46. The maximum atomic E-state index is 11.6. The van der Waals surface area contributed by atoms with Crippen LogP contribution in [0.3, 0.4) is 0 Å². The Bertz CT molecular complexity index is 298. The molecule has 1 aromatic rings. The number of unbranched alkanes of at least 4 members (excludes halogenated alkanes) is 3. The lowest BCUT2D eigenvalue weighted by atomic mass is 10.2. The molecule has 0 heterocycles. The van der Waals surface area contributed by atoms with Crippen LogP contribution in [0.15, 0.2) is 24.3 Å². The minimum atomic E-state index is -0.0179. The van der Waals surface area contributed by atoms with E-state index in [-0.39, 0.29) is 5.91 Å². The number of hydrogen-bond donors (Lipinski definition) is 2. The van der Waals surface area contributed by atoms with Crippen molar-refractivity contribution in [2.24, 2.45) is 5.73 Å². The molecule has 87 valence electrons. The second-order valence-electron chi connectivity index (χ2n) is 3.75. The number of carbonyl (C=O) groups excluding carboxylic acids is 1. The summed E-state index contributed by atoms with van der Waals surface area (Å²) in [5.41, 5.74) is 6.07. The summed E-state index contributed by atoms with van der Waals surface area (Å²) in [7, 11) is 0. The van der Waals surface area contributed by atoms with Crippen molar-refractivity contribution in [2.75, 3.05) is 13.1 Å². The van der Waals surface area contributed by atoms with Crippen molar-refractivity contribution in [2.45, 2.75) is 25.7 Å². The van der Waals surface area contributed by atoms with Gasteiger partial charge in [0.15, 0.2) is 0 Å². The summed E-state index contributed by atoms with van der Waals surface area (Å²) in [6.07, 6.45) is 4.35. The zero-order chi connectivity index (χ0) is 11.6. The van der Waals surface area contributed by atoms with Gasteiger partial charge in [-0.2, -0.15) is 0 Å². The Morgan fingerprint density at radius 2 is 2.12 bits per heavy atom. The van der Waals surface area contributed by atoms with Crippen LogP contribution in [0.5, 0.6) is 0 Å². The van der Waals surface area contributed by atoms with Crippen LogP contribution < -0.4 is 11.1 Å². The minimum absolute atomic E-state index is 0.0179. The van der Waals surface area contributed by atoms with Gasteiger partial charge in [-0.25, -0.2) is 0 Å². The van der Waals surface area contributed by atoms with Gasteiger partial charge in [0.1, 0.15) is 0 Å². The molecule has 0 aliphatic carbocycles. The molecular formula is C13H19N2O. The molecule has 3 N–H and O–H groups in total. The standard InChI is InChI=1S/C13H19N2O/c14-10-6-1-2-7-11-15-13(16)12-8-4-3-5-9-12/h3-4,8-9H,1-2,6-7,10-11,14H2,(H,15,16). The third kappa shape index (κ3) is 4.94. The highest BCUT2D eigenvalue weighted by Crippen LogP contribution is 1.99. The van der Waals surface area contributed by atoms with Crippen LogP contribution in [0.2, 0.25) is 0 Å². The van der Waals surface area contributed by atoms with Crippen LogP contribution in [0.25, 0.3) is 0 Å². The summed E-state index contributed by atoms with van der Waals surface area (Å²) < 4.78 is 0. The summed E-state index contributed by atoms with van der Waals surface area (Å²) in [6.45, 7) is 1.49. The Kier molecular flexibility index (Phi) is 6.26. The van der Waals surface area contributed by atoms with Crippen molar-refractivity contribution in [1.82, 2.24) is 5.32 Å². The summed E-state index contributed by atoms with van der Waals surface area (Å²) in [4.78, 5) is 11.6. The van der Waals surface area contributed by atoms with Crippen molar-refractivity contribution in [1.29, 1.82) is 0 Å². The third-order valence-corrected chi connectivity index (χ3v) is 2.39. The maximum absolute atomic E-state index is 11.6. The highest BCUT2D eigenvalue weighted by Gasteiger charge is 2.02. The van der Waals surface area contributed by atoms with E-state index in [1.165, 1.54) is 0 Å². The zero-order valence-corrected chi connectivity index (χ0v) is 9.54. The van der Waals surface area contributed by atoms with Crippen molar-refractivity contribution in [3.63, 3.8) is 0 Å². The molecule has 0 atom stereocenters. The zero-order valence-electron chi connectivity index (χ0n) is 9.54. The number of nitrogens with one attached hydrogen (secondary N) is 1. The lowest BCUT2D eigenvalue weighted by Crippen LogP contribution is -2.24. The van der Waals surface area contributed by atoms with Crippen LogP contribution in [0, 0.1) is 6.07 Å². The van der Waals surface area contributed by atoms with E-state index >= 15 is 0 Å². The first-order valence-electron chi connectivity index (χ1n) is 5.79. The monoisotopic (exact) mass is 219 g/mol. The molecule has 0 aliphatic rings. The molecule has 0 spiro atoms. The number of benzene rings is 1. The quantitative estimate of drug-likeness (QED) is 0.686. The molecule has 0 aromatic heterocycles. The number of hydrogen-bond acceptors (Lipinski definition) is 2. The van der Waals surface area contributed by atoms with Gasteiger partial charge in [-0.3, -0.25) is 4.79 Å². The van der Waals surface area contributed by atoms with Crippen LogP contribution in [-0.2, 0) is 0 Å². The second kappa shape index (κ2) is 7.88. The van der Waals surface area contributed by atoms with Gasteiger partial charge < -0.3 is 11.1 Å². The predicted molar refractivity (Wildman–Crippen MR) is 65.1 cm³/mol. The van der Waals surface area contributed by atoms with Gasteiger partial charge in [0.25, 0.3) is 5.91 Å². The van der Waals surface area contributed by atoms with E-state index in [4.69, 9.17) is 5.73 Å². The second-order valence-corrected chi connectivity index (χ2v) is 3.75. The molecule has 3 heteroatoms. The lowest BCUT2D eigenvalue weighted by molar-refractivity contribution is 0.0953. The molecule has 3 nitrogen and oxygen atoms in total. The van der Waals surface area contributed by atoms with Crippen molar-refractivity contribution >= 4 is 5.91 Å². The van der Waals surface area contributed by atoms with E-state index in [9.17, 15) is 4.79 Å². The van der Waals surface area contributed by atoms with Crippen LogP contribution in [-0.4, -0.2) is 19.0 Å². The highest BCUT2D eigenvalue weighted by molar-refractivity contribution is 5.93. The van der Waals surface area contributed by atoms with E-state index in [0.29, 0.717) is 5.56 Å². The van der Waals surface area contributed by atoms with E-state index in [1.807, 2.05) is 6.07 Å². The number of amides is 1. The topological polar surface area (TPSA) is 55.1 Å². The molecule has 0 saturated heterocycles. The molecule has 0 saturated carbocycles. The Morgan fingerprint density at radius 3 is 2.81 bits per heavy atom. The van der Waals surface area contributed by atoms with Crippen molar-refractivity contribution in [3.05, 3.63) is 35.9 Å². The molecule has 0 unspecified atom stereocenters. The average molecular weight is 219 g/mol. The molecule has 1 radical (unpaired) electrons. The van der Waals surface area contributed by atoms with Gasteiger partial charge in [-0.15, -0.1) is 0 Å². The Hall–Kier alpha value is -1.35. The van der Waals surface area contributed by atoms with Gasteiger partial charge in [0.05, 0.1) is 0 Å². The van der Waals surface area contributed by atoms with E-state index in [0.717, 1.165) is 38.8 Å². The molecule has 16 heavy (non-hydrogen) atoms. The first-order chi connectivity index (χ1) is 7.84. The van der Waals surface area contributed by atoms with E-state index in [1.54, 1.807) is 18.2 Å². The third-order valence-electron chi connectivity index (χ3n) is 2.39. The smallest absolute Gasteiger partial charge is 0.251 e.